The summed E-state index contributed by atoms with van der Waals surface area (Å²) in [6, 6.07) is 61.2. The molecule has 0 aliphatic rings. The number of fused-ring (bicyclic) bond motifs is 7. The number of rotatable bonds is 5. The highest BCUT2D eigenvalue weighted by atomic mass is 32.1. The number of hydrogen-bond acceptors (Lipinski definition) is 3. The Morgan fingerprint density at radius 3 is 2.08 bits per heavy atom. The first kappa shape index (κ1) is 29.9. The molecule has 0 spiro atoms. The van der Waals surface area contributed by atoms with Gasteiger partial charge in [0.05, 0.1) is 22.4 Å². The number of aromatic nitrogens is 4. The molecule has 0 fully saturated rings. The molecule has 5 heteroatoms. The highest BCUT2D eigenvalue weighted by molar-refractivity contribution is 7.26. The minimum Gasteiger partial charge on any atom is -0.309 e. The van der Waals surface area contributed by atoms with Crippen LogP contribution in [0.2, 0.25) is 0 Å². The van der Waals surface area contributed by atoms with Crippen LogP contribution in [0.5, 0.6) is 0 Å². The van der Waals surface area contributed by atoms with E-state index in [1.165, 1.54) is 58.7 Å². The number of benzene rings is 7. The van der Waals surface area contributed by atoms with Crippen molar-refractivity contribution >= 4 is 59.1 Å². The topological polar surface area (TPSA) is 35.1 Å². The molecule has 0 unspecified atom stereocenters. The van der Waals surface area contributed by atoms with Gasteiger partial charge in [0, 0.05) is 60.2 Å². The molecule has 0 atom stereocenters. The molecule has 0 amide bonds. The van der Waals surface area contributed by atoms with Crippen molar-refractivity contribution in [3.8, 4) is 50.5 Å². The molecule has 0 saturated carbocycles. The number of thiophene rings is 1. The van der Waals surface area contributed by atoms with Crippen LogP contribution in [0.3, 0.4) is 0 Å². The molecule has 0 aliphatic heterocycles. The molecule has 4 nitrogen and oxygen atoms in total. The van der Waals surface area contributed by atoms with E-state index in [4.69, 9.17) is 4.98 Å². The average Bonchev–Trinajstić information content (AvgIpc) is 3.91. The fraction of sp³-hybridized carbons (Fsp3) is 0. The van der Waals surface area contributed by atoms with Gasteiger partial charge >= 0.3 is 0 Å². The third kappa shape index (κ3) is 4.75. The van der Waals surface area contributed by atoms with Gasteiger partial charge < -0.3 is 4.57 Å². The molecular weight excluding hydrogens is 665 g/mol. The molecule has 0 aliphatic carbocycles. The van der Waals surface area contributed by atoms with E-state index in [1.54, 1.807) is 6.20 Å². The SMILES string of the molecule is c1ccc(-c2nc3ncccn3c2-c2cccc(-c3ccc4c(c3)c3ccccc3n4-c3ccc(-c4cccc5c4sc4ccccc45)cc3)c2)cc1. The first-order chi connectivity index (χ1) is 26.3. The Hall–Kier alpha value is -6.82. The fourth-order valence-electron chi connectivity index (χ4n) is 8.00. The summed E-state index contributed by atoms with van der Waals surface area (Å²) in [4.78, 5) is 9.54. The monoisotopic (exact) mass is 694 g/mol. The van der Waals surface area contributed by atoms with Crippen molar-refractivity contribution in [1.29, 1.82) is 0 Å². The Labute approximate surface area is 309 Å². The summed E-state index contributed by atoms with van der Waals surface area (Å²) < 4.78 is 7.15. The Bertz CT molecular complexity index is 3170. The summed E-state index contributed by atoms with van der Waals surface area (Å²) >= 11 is 1.88. The zero-order chi connectivity index (χ0) is 34.9. The normalized spacial score (nSPS) is 11.8. The second kappa shape index (κ2) is 11.9. The molecule has 4 heterocycles. The molecule has 4 aromatic heterocycles. The lowest BCUT2D eigenvalue weighted by Crippen LogP contribution is -1.94. The Morgan fingerprint density at radius 2 is 1.17 bits per heavy atom. The molecule has 53 heavy (non-hydrogen) atoms. The van der Waals surface area contributed by atoms with Gasteiger partial charge in [0.2, 0.25) is 5.78 Å². The number of imidazole rings is 1. The fourth-order valence-corrected chi connectivity index (χ4v) is 9.24. The lowest BCUT2D eigenvalue weighted by Gasteiger charge is -2.11. The van der Waals surface area contributed by atoms with Crippen molar-refractivity contribution in [3.63, 3.8) is 0 Å². The number of hydrogen-bond donors (Lipinski definition) is 0. The van der Waals surface area contributed by atoms with E-state index in [2.05, 4.69) is 172 Å². The lowest BCUT2D eigenvalue weighted by molar-refractivity contribution is 1.11. The predicted molar refractivity (Wildman–Crippen MR) is 222 cm³/mol. The second-order valence-electron chi connectivity index (χ2n) is 13.5. The maximum absolute atomic E-state index is 4.96. The summed E-state index contributed by atoms with van der Waals surface area (Å²) in [5.41, 5.74) is 12.5. The van der Waals surface area contributed by atoms with Crippen molar-refractivity contribution in [1.82, 2.24) is 18.9 Å². The molecule has 0 saturated heterocycles. The summed E-state index contributed by atoms with van der Waals surface area (Å²) in [5.74, 6) is 0.686. The zero-order valence-electron chi connectivity index (χ0n) is 28.5. The van der Waals surface area contributed by atoms with E-state index in [9.17, 15) is 0 Å². The van der Waals surface area contributed by atoms with Crippen molar-refractivity contribution in [3.05, 3.63) is 182 Å². The van der Waals surface area contributed by atoms with Gasteiger partial charge in [-0.2, -0.15) is 0 Å². The minimum atomic E-state index is 0.686. The van der Waals surface area contributed by atoms with Crippen LogP contribution >= 0.6 is 11.3 Å². The molecular formula is C48H30N4S. The molecule has 0 bridgehead atoms. The molecule has 248 valence electrons. The molecule has 0 N–H and O–H groups in total. The van der Waals surface area contributed by atoms with E-state index >= 15 is 0 Å². The largest absolute Gasteiger partial charge is 0.309 e. The molecule has 7 aromatic carbocycles. The van der Waals surface area contributed by atoms with Gasteiger partial charge in [-0.1, -0.05) is 121 Å². The van der Waals surface area contributed by atoms with Crippen molar-refractivity contribution < 1.29 is 0 Å². The Kier molecular flexibility index (Phi) is 6.69. The highest BCUT2D eigenvalue weighted by Gasteiger charge is 2.18. The van der Waals surface area contributed by atoms with Crippen LogP contribution in [0.25, 0.3) is 98.2 Å². The Balaban J connectivity index is 1.02. The smallest absolute Gasteiger partial charge is 0.234 e. The predicted octanol–water partition coefficient (Wildman–Crippen LogP) is 12.9. The van der Waals surface area contributed by atoms with Crippen LogP contribution in [0.1, 0.15) is 0 Å². The summed E-state index contributed by atoms with van der Waals surface area (Å²) in [6.45, 7) is 0. The number of para-hydroxylation sites is 1. The first-order valence-electron chi connectivity index (χ1n) is 17.8. The van der Waals surface area contributed by atoms with E-state index in [-0.39, 0.29) is 0 Å². The van der Waals surface area contributed by atoms with E-state index in [0.717, 1.165) is 33.8 Å². The molecule has 11 rings (SSSR count). The van der Waals surface area contributed by atoms with Crippen LogP contribution in [0, 0.1) is 0 Å². The summed E-state index contributed by atoms with van der Waals surface area (Å²) in [5, 5.41) is 5.11. The van der Waals surface area contributed by atoms with E-state index < -0.39 is 0 Å². The number of nitrogens with zero attached hydrogens (tertiary/aromatic N) is 4. The first-order valence-corrected chi connectivity index (χ1v) is 18.6. The van der Waals surface area contributed by atoms with Gasteiger partial charge in [0.25, 0.3) is 0 Å². The standard InChI is InChI=1S/C48H30N4S/c1-2-11-32(12-3-1)45-46(51-28-10-27-49-48(51)50-45)35-14-8-13-33(29-35)34-23-26-43-41(30-34)38-15-4-6-19-42(38)52(43)36-24-21-31(22-25-36)37-17-9-18-40-39-16-5-7-20-44(39)53-47(37)40/h1-30H. The van der Waals surface area contributed by atoms with Crippen LogP contribution in [-0.4, -0.2) is 18.9 Å². The van der Waals surface area contributed by atoms with E-state index in [1.807, 2.05) is 29.7 Å². The third-order valence-corrected chi connectivity index (χ3v) is 11.7. The summed E-state index contributed by atoms with van der Waals surface area (Å²) in [6.07, 6.45) is 3.84. The van der Waals surface area contributed by atoms with Crippen molar-refractivity contribution in [2.45, 2.75) is 0 Å². The van der Waals surface area contributed by atoms with Gasteiger partial charge in [-0.25, -0.2) is 9.97 Å². The van der Waals surface area contributed by atoms with Gasteiger partial charge in [-0.15, -0.1) is 11.3 Å². The van der Waals surface area contributed by atoms with Crippen molar-refractivity contribution in [2.24, 2.45) is 0 Å². The van der Waals surface area contributed by atoms with Crippen LogP contribution < -0.4 is 0 Å². The molecule has 0 radical (unpaired) electrons. The average molecular weight is 695 g/mol. The van der Waals surface area contributed by atoms with Gasteiger partial charge in [0.1, 0.15) is 0 Å². The van der Waals surface area contributed by atoms with Crippen LogP contribution in [0.4, 0.5) is 0 Å². The minimum absolute atomic E-state index is 0.686. The quantitative estimate of drug-likeness (QED) is 0.180. The molecule has 11 aromatic rings. The maximum atomic E-state index is 4.96. The summed E-state index contributed by atoms with van der Waals surface area (Å²) in [7, 11) is 0. The maximum Gasteiger partial charge on any atom is 0.234 e. The lowest BCUT2D eigenvalue weighted by atomic mass is 9.98. The van der Waals surface area contributed by atoms with Crippen molar-refractivity contribution in [2.75, 3.05) is 0 Å². The third-order valence-electron chi connectivity index (χ3n) is 10.4. The van der Waals surface area contributed by atoms with Gasteiger partial charge in [-0.3, -0.25) is 4.40 Å². The second-order valence-corrected chi connectivity index (χ2v) is 14.5. The van der Waals surface area contributed by atoms with Gasteiger partial charge in [-0.05, 0) is 70.8 Å². The van der Waals surface area contributed by atoms with E-state index in [0.29, 0.717) is 5.78 Å². The van der Waals surface area contributed by atoms with Gasteiger partial charge in [0.15, 0.2) is 0 Å². The van der Waals surface area contributed by atoms with Crippen LogP contribution in [0.15, 0.2) is 182 Å². The van der Waals surface area contributed by atoms with Crippen LogP contribution in [-0.2, 0) is 0 Å². The highest BCUT2D eigenvalue weighted by Crippen LogP contribution is 2.41. The zero-order valence-corrected chi connectivity index (χ0v) is 29.3. The Morgan fingerprint density at radius 1 is 0.472 bits per heavy atom.